The van der Waals surface area contributed by atoms with Gasteiger partial charge in [-0.25, -0.2) is 0 Å². The summed E-state index contributed by atoms with van der Waals surface area (Å²) in [5.74, 6) is 1.45. The molecule has 30 heavy (non-hydrogen) atoms. The highest BCUT2D eigenvalue weighted by Gasteiger charge is 2.26. The SMILES string of the molecule is CC[C@@H](C)NC(=O)[C@H](C)N(Cc1ccc(Cl)cc1)C(=O)CCSCc1ccccc1. The third-order valence-corrected chi connectivity index (χ3v) is 6.29. The molecular formula is C24H31ClN2O2S. The monoisotopic (exact) mass is 446 g/mol. The van der Waals surface area contributed by atoms with E-state index in [1.165, 1.54) is 5.56 Å². The molecule has 0 heterocycles. The quantitative estimate of drug-likeness (QED) is 0.477. The predicted octanol–water partition coefficient (Wildman–Crippen LogP) is 5.30. The van der Waals surface area contributed by atoms with Crippen molar-refractivity contribution in [2.45, 2.75) is 58.0 Å². The van der Waals surface area contributed by atoms with Gasteiger partial charge in [-0.15, -0.1) is 0 Å². The van der Waals surface area contributed by atoms with Crippen LogP contribution in [-0.2, 0) is 21.9 Å². The number of nitrogens with one attached hydrogen (secondary N) is 1. The average Bonchev–Trinajstić information content (AvgIpc) is 2.76. The second kappa shape index (κ2) is 12.7. The van der Waals surface area contributed by atoms with E-state index in [2.05, 4.69) is 17.4 Å². The van der Waals surface area contributed by atoms with Gasteiger partial charge >= 0.3 is 0 Å². The van der Waals surface area contributed by atoms with E-state index in [1.807, 2.05) is 44.2 Å². The Kier molecular flexibility index (Phi) is 10.2. The molecule has 4 nitrogen and oxygen atoms in total. The smallest absolute Gasteiger partial charge is 0.242 e. The minimum atomic E-state index is -0.540. The van der Waals surface area contributed by atoms with Crippen molar-refractivity contribution in [3.8, 4) is 0 Å². The summed E-state index contributed by atoms with van der Waals surface area (Å²) in [6, 6.07) is 17.1. The molecule has 0 unspecified atom stereocenters. The van der Waals surface area contributed by atoms with Gasteiger partial charge in [-0.1, -0.05) is 61.0 Å². The minimum absolute atomic E-state index is 0.0164. The molecular weight excluding hydrogens is 416 g/mol. The average molecular weight is 447 g/mol. The number of carbonyl (C=O) groups excluding carboxylic acids is 2. The molecule has 2 aromatic carbocycles. The molecule has 2 atom stereocenters. The van der Waals surface area contributed by atoms with E-state index >= 15 is 0 Å². The van der Waals surface area contributed by atoms with Gasteiger partial charge in [0.05, 0.1) is 0 Å². The van der Waals surface area contributed by atoms with E-state index in [9.17, 15) is 9.59 Å². The molecule has 0 radical (unpaired) electrons. The van der Waals surface area contributed by atoms with Crippen molar-refractivity contribution in [3.63, 3.8) is 0 Å². The molecule has 0 spiro atoms. The fourth-order valence-corrected chi connectivity index (χ4v) is 3.92. The maximum atomic E-state index is 13.0. The van der Waals surface area contributed by atoms with Gasteiger partial charge in [-0.2, -0.15) is 11.8 Å². The molecule has 162 valence electrons. The first-order chi connectivity index (χ1) is 14.4. The highest BCUT2D eigenvalue weighted by molar-refractivity contribution is 7.98. The van der Waals surface area contributed by atoms with Gasteiger partial charge in [0.1, 0.15) is 6.04 Å². The number of nitrogens with zero attached hydrogens (tertiary/aromatic N) is 1. The first-order valence-electron chi connectivity index (χ1n) is 10.4. The fourth-order valence-electron chi connectivity index (χ4n) is 2.90. The third kappa shape index (κ3) is 8.04. The number of benzene rings is 2. The van der Waals surface area contributed by atoms with Gasteiger partial charge in [0.2, 0.25) is 11.8 Å². The van der Waals surface area contributed by atoms with E-state index in [0.717, 1.165) is 17.7 Å². The summed E-state index contributed by atoms with van der Waals surface area (Å²) in [4.78, 5) is 27.4. The maximum Gasteiger partial charge on any atom is 0.242 e. The number of halogens is 1. The van der Waals surface area contributed by atoms with Crippen LogP contribution in [0.25, 0.3) is 0 Å². The zero-order valence-electron chi connectivity index (χ0n) is 17.9. The van der Waals surface area contributed by atoms with Crippen LogP contribution in [0, 0.1) is 0 Å². The van der Waals surface area contributed by atoms with Gasteiger partial charge < -0.3 is 10.2 Å². The lowest BCUT2D eigenvalue weighted by atomic mass is 10.1. The molecule has 0 aliphatic rings. The Bertz CT molecular complexity index is 799. The zero-order chi connectivity index (χ0) is 21.9. The maximum absolute atomic E-state index is 13.0. The Morgan fingerprint density at radius 2 is 1.70 bits per heavy atom. The largest absolute Gasteiger partial charge is 0.352 e. The first kappa shape index (κ1) is 24.3. The Morgan fingerprint density at radius 3 is 2.33 bits per heavy atom. The number of thioether (sulfide) groups is 1. The Morgan fingerprint density at radius 1 is 1.03 bits per heavy atom. The highest BCUT2D eigenvalue weighted by Crippen LogP contribution is 2.17. The molecule has 2 rings (SSSR count). The predicted molar refractivity (Wildman–Crippen MR) is 127 cm³/mol. The van der Waals surface area contributed by atoms with Crippen molar-refractivity contribution in [1.29, 1.82) is 0 Å². The van der Waals surface area contributed by atoms with Crippen LogP contribution in [0.1, 0.15) is 44.7 Å². The van der Waals surface area contributed by atoms with Crippen molar-refractivity contribution in [1.82, 2.24) is 10.2 Å². The van der Waals surface area contributed by atoms with Gasteiger partial charge in [0, 0.05) is 35.5 Å². The number of hydrogen-bond acceptors (Lipinski definition) is 3. The molecule has 2 aromatic rings. The lowest BCUT2D eigenvalue weighted by Gasteiger charge is -2.29. The normalized spacial score (nSPS) is 12.8. The van der Waals surface area contributed by atoms with Gasteiger partial charge in [-0.3, -0.25) is 9.59 Å². The van der Waals surface area contributed by atoms with E-state index in [-0.39, 0.29) is 17.9 Å². The molecule has 2 amide bonds. The summed E-state index contributed by atoms with van der Waals surface area (Å²) in [5.41, 5.74) is 2.20. The summed E-state index contributed by atoms with van der Waals surface area (Å²) in [7, 11) is 0. The molecule has 0 bridgehead atoms. The lowest BCUT2D eigenvalue weighted by molar-refractivity contribution is -0.140. The van der Waals surface area contributed by atoms with Gasteiger partial charge in [0.15, 0.2) is 0 Å². The van der Waals surface area contributed by atoms with Crippen LogP contribution in [0.15, 0.2) is 54.6 Å². The summed E-state index contributed by atoms with van der Waals surface area (Å²) in [5, 5.41) is 3.64. The van der Waals surface area contributed by atoms with Crippen LogP contribution in [0.3, 0.4) is 0 Å². The van der Waals surface area contributed by atoms with Crippen LogP contribution in [0.5, 0.6) is 0 Å². The molecule has 0 aromatic heterocycles. The molecule has 0 aliphatic carbocycles. The molecule has 1 N–H and O–H groups in total. The molecule has 0 saturated carbocycles. The molecule has 0 aliphatic heterocycles. The van der Waals surface area contributed by atoms with Crippen molar-refractivity contribution >= 4 is 35.2 Å². The fraction of sp³-hybridized carbons (Fsp3) is 0.417. The topological polar surface area (TPSA) is 49.4 Å². The van der Waals surface area contributed by atoms with E-state index < -0.39 is 6.04 Å². The summed E-state index contributed by atoms with van der Waals surface area (Å²) in [6.45, 7) is 6.17. The number of hydrogen-bond donors (Lipinski definition) is 1. The first-order valence-corrected chi connectivity index (χ1v) is 11.9. The summed E-state index contributed by atoms with van der Waals surface area (Å²) >= 11 is 7.71. The van der Waals surface area contributed by atoms with E-state index in [0.29, 0.717) is 23.7 Å². The minimum Gasteiger partial charge on any atom is -0.352 e. The lowest BCUT2D eigenvalue weighted by Crippen LogP contribution is -2.49. The highest BCUT2D eigenvalue weighted by atomic mass is 35.5. The second-order valence-electron chi connectivity index (χ2n) is 7.43. The van der Waals surface area contributed by atoms with E-state index in [4.69, 9.17) is 11.6 Å². The van der Waals surface area contributed by atoms with Gasteiger partial charge in [-0.05, 0) is 43.5 Å². The standard InChI is InChI=1S/C24H31ClN2O2S/c1-4-18(2)26-24(29)19(3)27(16-20-10-12-22(25)13-11-20)23(28)14-15-30-17-21-8-6-5-7-9-21/h5-13,18-19H,4,14-17H2,1-3H3,(H,26,29)/t18-,19+/m1/s1. The Balaban J connectivity index is 2.00. The van der Waals surface area contributed by atoms with Crippen molar-refractivity contribution in [2.75, 3.05) is 5.75 Å². The zero-order valence-corrected chi connectivity index (χ0v) is 19.5. The van der Waals surface area contributed by atoms with Crippen LogP contribution >= 0.6 is 23.4 Å². The molecule has 0 fully saturated rings. The Hall–Kier alpha value is -1.98. The number of carbonyl (C=O) groups is 2. The molecule has 6 heteroatoms. The van der Waals surface area contributed by atoms with Crippen LogP contribution in [0.4, 0.5) is 0 Å². The van der Waals surface area contributed by atoms with Crippen LogP contribution < -0.4 is 5.32 Å². The number of amides is 2. The number of rotatable bonds is 11. The van der Waals surface area contributed by atoms with Crippen LogP contribution in [0.2, 0.25) is 5.02 Å². The van der Waals surface area contributed by atoms with Gasteiger partial charge in [0.25, 0.3) is 0 Å². The summed E-state index contributed by atoms with van der Waals surface area (Å²) < 4.78 is 0. The van der Waals surface area contributed by atoms with E-state index in [1.54, 1.807) is 35.7 Å². The summed E-state index contributed by atoms with van der Waals surface area (Å²) in [6.07, 6.45) is 1.24. The molecule has 0 saturated heterocycles. The van der Waals surface area contributed by atoms with Crippen LogP contribution in [-0.4, -0.2) is 34.6 Å². The van der Waals surface area contributed by atoms with Crippen molar-refractivity contribution in [3.05, 3.63) is 70.7 Å². The third-order valence-electron chi connectivity index (χ3n) is 5.01. The second-order valence-corrected chi connectivity index (χ2v) is 8.97. The van der Waals surface area contributed by atoms with Crippen molar-refractivity contribution in [2.24, 2.45) is 0 Å². The Labute approximate surface area is 189 Å². The van der Waals surface area contributed by atoms with Crippen molar-refractivity contribution < 1.29 is 9.59 Å².